The van der Waals surface area contributed by atoms with Crippen molar-refractivity contribution in [1.82, 2.24) is 4.57 Å². The largest absolute Gasteiger partial charge is 0.497 e. The molecule has 0 aliphatic carbocycles. The zero-order valence-corrected chi connectivity index (χ0v) is 12.8. The van der Waals surface area contributed by atoms with Gasteiger partial charge in [-0.3, -0.25) is 4.79 Å². The topological polar surface area (TPSA) is 57.2 Å². The Hall–Kier alpha value is -2.23. The molecule has 0 aliphatic heterocycles. The predicted octanol–water partition coefficient (Wildman–Crippen LogP) is 3.15. The summed E-state index contributed by atoms with van der Waals surface area (Å²) in [6.45, 7) is 4.94. The summed E-state index contributed by atoms with van der Waals surface area (Å²) in [5, 5.41) is 0. The van der Waals surface area contributed by atoms with Gasteiger partial charge in [0.15, 0.2) is 0 Å². The first-order valence-electron chi connectivity index (χ1n) is 7.16. The Morgan fingerprint density at radius 2 is 2.00 bits per heavy atom. The second-order valence-corrected chi connectivity index (χ2v) is 5.55. The maximum absolute atomic E-state index is 12.3. The van der Waals surface area contributed by atoms with E-state index in [-0.39, 0.29) is 11.2 Å². The third-order valence-electron chi connectivity index (χ3n) is 3.50. The number of hydrogen-bond acceptors (Lipinski definition) is 3. The molecule has 0 saturated carbocycles. The smallest absolute Gasteiger partial charge is 0.274 e. The molecule has 0 radical (unpaired) electrons. The fourth-order valence-corrected chi connectivity index (χ4v) is 2.24. The molecular weight excluding hydrogens is 264 g/mol. The Kier molecular flexibility index (Phi) is 4.68. The lowest BCUT2D eigenvalue weighted by molar-refractivity contribution is 0.415. The number of nitrogen functional groups attached to an aromatic ring is 1. The van der Waals surface area contributed by atoms with Gasteiger partial charge in [-0.2, -0.15) is 0 Å². The van der Waals surface area contributed by atoms with Crippen LogP contribution in [-0.2, 0) is 6.54 Å². The van der Waals surface area contributed by atoms with Gasteiger partial charge >= 0.3 is 0 Å². The molecule has 0 fully saturated rings. The molecule has 0 aliphatic rings. The van der Waals surface area contributed by atoms with Gasteiger partial charge in [0.05, 0.1) is 18.5 Å². The van der Waals surface area contributed by atoms with Gasteiger partial charge in [-0.25, -0.2) is 0 Å². The number of rotatable bonds is 5. The van der Waals surface area contributed by atoms with Crippen LogP contribution in [-0.4, -0.2) is 11.7 Å². The van der Waals surface area contributed by atoms with Crippen molar-refractivity contribution in [2.24, 2.45) is 5.92 Å². The van der Waals surface area contributed by atoms with Gasteiger partial charge < -0.3 is 15.0 Å². The maximum Gasteiger partial charge on any atom is 0.274 e. The number of anilines is 1. The molecule has 0 bridgehead atoms. The number of pyridine rings is 1. The van der Waals surface area contributed by atoms with E-state index in [2.05, 4.69) is 13.8 Å². The SMILES string of the molecule is COc1cccc(-c2ccc(N)c(=O)n2CCC(C)C)c1. The molecule has 1 heterocycles. The third-order valence-corrected chi connectivity index (χ3v) is 3.50. The van der Waals surface area contributed by atoms with Crippen molar-refractivity contribution in [1.29, 1.82) is 0 Å². The van der Waals surface area contributed by atoms with E-state index in [1.54, 1.807) is 17.7 Å². The van der Waals surface area contributed by atoms with Gasteiger partial charge in [0.1, 0.15) is 5.75 Å². The van der Waals surface area contributed by atoms with Crippen LogP contribution >= 0.6 is 0 Å². The lowest BCUT2D eigenvalue weighted by Crippen LogP contribution is -2.24. The van der Waals surface area contributed by atoms with Crippen molar-refractivity contribution in [3.05, 3.63) is 46.8 Å². The first-order valence-corrected chi connectivity index (χ1v) is 7.16. The van der Waals surface area contributed by atoms with E-state index in [0.29, 0.717) is 12.5 Å². The van der Waals surface area contributed by atoms with Crippen molar-refractivity contribution in [3.63, 3.8) is 0 Å². The molecule has 112 valence electrons. The Bertz CT molecular complexity index is 675. The molecule has 4 nitrogen and oxygen atoms in total. The molecule has 2 aromatic rings. The summed E-state index contributed by atoms with van der Waals surface area (Å²) in [7, 11) is 1.63. The molecule has 1 aromatic heterocycles. The quantitative estimate of drug-likeness (QED) is 0.918. The van der Waals surface area contributed by atoms with Gasteiger partial charge in [0.2, 0.25) is 0 Å². The van der Waals surface area contributed by atoms with Crippen molar-refractivity contribution < 1.29 is 4.74 Å². The molecule has 2 N–H and O–H groups in total. The Morgan fingerprint density at radius 3 is 2.67 bits per heavy atom. The van der Waals surface area contributed by atoms with Crippen molar-refractivity contribution in [3.8, 4) is 17.0 Å². The second kappa shape index (κ2) is 6.48. The van der Waals surface area contributed by atoms with Crippen LogP contribution in [0.3, 0.4) is 0 Å². The van der Waals surface area contributed by atoms with E-state index in [1.165, 1.54) is 0 Å². The molecule has 0 amide bonds. The predicted molar refractivity (Wildman–Crippen MR) is 86.6 cm³/mol. The fourth-order valence-electron chi connectivity index (χ4n) is 2.24. The van der Waals surface area contributed by atoms with E-state index < -0.39 is 0 Å². The number of hydrogen-bond donors (Lipinski definition) is 1. The minimum Gasteiger partial charge on any atom is -0.497 e. The van der Waals surface area contributed by atoms with Crippen LogP contribution in [0.4, 0.5) is 5.69 Å². The molecule has 0 saturated heterocycles. The molecule has 21 heavy (non-hydrogen) atoms. The average molecular weight is 286 g/mol. The molecule has 0 atom stereocenters. The van der Waals surface area contributed by atoms with Gasteiger partial charge in [0, 0.05) is 12.1 Å². The molecule has 2 rings (SSSR count). The summed E-state index contributed by atoms with van der Waals surface area (Å²) < 4.78 is 7.01. The molecular formula is C17H22N2O2. The van der Waals surface area contributed by atoms with Crippen molar-refractivity contribution in [2.45, 2.75) is 26.8 Å². The summed E-state index contributed by atoms with van der Waals surface area (Å²) in [5.74, 6) is 1.30. The van der Waals surface area contributed by atoms with Crippen LogP contribution in [0.2, 0.25) is 0 Å². The Balaban J connectivity index is 2.51. The second-order valence-electron chi connectivity index (χ2n) is 5.55. The maximum atomic E-state index is 12.3. The lowest BCUT2D eigenvalue weighted by Gasteiger charge is -2.15. The summed E-state index contributed by atoms with van der Waals surface area (Å²) in [6.07, 6.45) is 0.931. The minimum absolute atomic E-state index is 0.129. The van der Waals surface area contributed by atoms with Crippen LogP contribution in [0, 0.1) is 5.92 Å². The number of ether oxygens (including phenoxy) is 1. The van der Waals surface area contributed by atoms with Crippen molar-refractivity contribution >= 4 is 5.69 Å². The first-order chi connectivity index (χ1) is 10.0. The van der Waals surface area contributed by atoms with Gasteiger partial charge in [-0.05, 0) is 36.6 Å². The van der Waals surface area contributed by atoms with Crippen LogP contribution in [0.5, 0.6) is 5.75 Å². The molecule has 1 aromatic carbocycles. The average Bonchev–Trinajstić information content (AvgIpc) is 2.48. The van der Waals surface area contributed by atoms with E-state index >= 15 is 0 Å². The van der Waals surface area contributed by atoms with E-state index in [1.807, 2.05) is 30.3 Å². The van der Waals surface area contributed by atoms with Crippen LogP contribution in [0.1, 0.15) is 20.3 Å². The zero-order chi connectivity index (χ0) is 15.4. The zero-order valence-electron chi connectivity index (χ0n) is 12.8. The normalized spacial score (nSPS) is 10.9. The molecule has 0 spiro atoms. The van der Waals surface area contributed by atoms with E-state index in [0.717, 1.165) is 23.4 Å². The summed E-state index contributed by atoms with van der Waals surface area (Å²) in [4.78, 5) is 12.3. The number of aromatic nitrogens is 1. The highest BCUT2D eigenvalue weighted by Gasteiger charge is 2.10. The first kappa shape index (κ1) is 15.2. The fraction of sp³-hybridized carbons (Fsp3) is 0.353. The van der Waals surface area contributed by atoms with Crippen LogP contribution in [0.25, 0.3) is 11.3 Å². The van der Waals surface area contributed by atoms with Crippen LogP contribution in [0.15, 0.2) is 41.2 Å². The van der Waals surface area contributed by atoms with Gasteiger partial charge in [0.25, 0.3) is 5.56 Å². The molecule has 4 heteroatoms. The summed E-state index contributed by atoms with van der Waals surface area (Å²) >= 11 is 0. The van der Waals surface area contributed by atoms with Gasteiger partial charge in [-0.1, -0.05) is 26.0 Å². The molecule has 0 unspecified atom stereocenters. The van der Waals surface area contributed by atoms with Crippen molar-refractivity contribution in [2.75, 3.05) is 12.8 Å². The number of nitrogens with zero attached hydrogens (tertiary/aromatic N) is 1. The Morgan fingerprint density at radius 1 is 1.24 bits per heavy atom. The highest BCUT2D eigenvalue weighted by Crippen LogP contribution is 2.24. The lowest BCUT2D eigenvalue weighted by atomic mass is 10.1. The Labute approximate surface area is 125 Å². The summed E-state index contributed by atoms with van der Waals surface area (Å²) in [5.41, 5.74) is 7.75. The van der Waals surface area contributed by atoms with E-state index in [4.69, 9.17) is 10.5 Å². The highest BCUT2D eigenvalue weighted by molar-refractivity contribution is 5.63. The monoisotopic (exact) mass is 286 g/mol. The number of benzene rings is 1. The number of nitrogens with two attached hydrogens (primary N) is 1. The third kappa shape index (κ3) is 3.45. The van der Waals surface area contributed by atoms with Gasteiger partial charge in [-0.15, -0.1) is 0 Å². The van der Waals surface area contributed by atoms with Crippen LogP contribution < -0.4 is 16.0 Å². The standard InChI is InChI=1S/C17H22N2O2/c1-12(2)9-10-19-16(8-7-15(18)17(19)20)13-5-4-6-14(11-13)21-3/h4-8,11-12H,9-10,18H2,1-3H3. The highest BCUT2D eigenvalue weighted by atomic mass is 16.5. The van der Waals surface area contributed by atoms with E-state index in [9.17, 15) is 4.79 Å². The number of methoxy groups -OCH3 is 1. The summed E-state index contributed by atoms with van der Waals surface area (Å²) in [6, 6.07) is 11.3. The minimum atomic E-state index is -0.129.